The summed E-state index contributed by atoms with van der Waals surface area (Å²) in [6.45, 7) is 2.13. The van der Waals surface area contributed by atoms with Crippen LogP contribution in [0.5, 0.6) is 0 Å². The van der Waals surface area contributed by atoms with Gasteiger partial charge < -0.3 is 10.2 Å². The number of para-hydroxylation sites is 1. The lowest BCUT2D eigenvalue weighted by Crippen LogP contribution is -2.27. The molecule has 1 fully saturated rings. The molecule has 0 amide bonds. The van der Waals surface area contributed by atoms with Crippen molar-refractivity contribution in [2.24, 2.45) is 0 Å². The van der Waals surface area contributed by atoms with Crippen LogP contribution in [0.25, 0.3) is 0 Å². The van der Waals surface area contributed by atoms with Gasteiger partial charge in [-0.05, 0) is 31.4 Å². The van der Waals surface area contributed by atoms with Gasteiger partial charge in [0.25, 0.3) is 5.95 Å². The van der Waals surface area contributed by atoms with Gasteiger partial charge in [-0.3, -0.25) is 0 Å². The number of aromatic nitrogens is 3. The van der Waals surface area contributed by atoms with Gasteiger partial charge in [-0.2, -0.15) is 10.1 Å². The summed E-state index contributed by atoms with van der Waals surface area (Å²) >= 11 is 0. The lowest BCUT2D eigenvalue weighted by Gasteiger charge is -2.22. The summed E-state index contributed by atoms with van der Waals surface area (Å²) in [5.41, 5.74) is 2.38. The molecule has 0 aliphatic carbocycles. The van der Waals surface area contributed by atoms with Crippen molar-refractivity contribution in [2.45, 2.75) is 31.8 Å². The molecule has 1 N–H and O–H groups in total. The summed E-state index contributed by atoms with van der Waals surface area (Å²) < 4.78 is 23.2. The zero-order chi connectivity index (χ0) is 16.7. The SMILES string of the molecule is CC1Cc2ccccc2N1c1nncc(NC2CCS(=O)(=O)C2)n1. The van der Waals surface area contributed by atoms with E-state index in [1.807, 2.05) is 12.1 Å². The van der Waals surface area contributed by atoms with Gasteiger partial charge in [-0.1, -0.05) is 18.2 Å². The number of benzene rings is 1. The molecule has 2 aliphatic heterocycles. The van der Waals surface area contributed by atoms with Crippen LogP contribution in [0.3, 0.4) is 0 Å². The Morgan fingerprint density at radius 2 is 2.12 bits per heavy atom. The second-order valence-electron chi connectivity index (χ2n) is 6.44. The Kier molecular flexibility index (Phi) is 3.64. The summed E-state index contributed by atoms with van der Waals surface area (Å²) in [4.78, 5) is 6.64. The summed E-state index contributed by atoms with van der Waals surface area (Å²) in [6, 6.07) is 8.36. The standard InChI is InChI=1S/C16H19N5O2S/c1-11-8-12-4-2-3-5-14(12)21(11)16-19-15(9-17-20-16)18-13-6-7-24(22,23)10-13/h2-5,9,11,13H,6-8,10H2,1H3,(H,18,19,20). The first-order valence-corrected chi connectivity index (χ1v) is 9.88. The van der Waals surface area contributed by atoms with Gasteiger partial charge >= 0.3 is 0 Å². The highest BCUT2D eigenvalue weighted by Crippen LogP contribution is 2.36. The maximum absolute atomic E-state index is 11.6. The Labute approximate surface area is 141 Å². The van der Waals surface area contributed by atoms with Gasteiger partial charge in [-0.15, -0.1) is 5.10 Å². The number of nitrogens with zero attached hydrogens (tertiary/aromatic N) is 4. The molecule has 2 atom stereocenters. The van der Waals surface area contributed by atoms with E-state index in [4.69, 9.17) is 0 Å². The highest BCUT2D eigenvalue weighted by molar-refractivity contribution is 7.91. The van der Waals surface area contributed by atoms with Crippen LogP contribution >= 0.6 is 0 Å². The van der Waals surface area contributed by atoms with Crippen molar-refractivity contribution in [1.82, 2.24) is 15.2 Å². The first kappa shape index (κ1) is 15.3. The van der Waals surface area contributed by atoms with E-state index in [-0.39, 0.29) is 23.6 Å². The van der Waals surface area contributed by atoms with Gasteiger partial charge in [0.2, 0.25) is 0 Å². The van der Waals surface area contributed by atoms with E-state index in [1.165, 1.54) is 5.56 Å². The monoisotopic (exact) mass is 345 g/mol. The van der Waals surface area contributed by atoms with Crippen molar-refractivity contribution < 1.29 is 8.42 Å². The molecule has 1 saturated heterocycles. The maximum Gasteiger partial charge on any atom is 0.252 e. The zero-order valence-electron chi connectivity index (χ0n) is 13.4. The van der Waals surface area contributed by atoms with E-state index in [9.17, 15) is 8.42 Å². The molecule has 2 aromatic rings. The van der Waals surface area contributed by atoms with Crippen LogP contribution in [-0.4, -0.2) is 47.2 Å². The largest absolute Gasteiger partial charge is 0.365 e. The molecular formula is C16H19N5O2S. The van der Waals surface area contributed by atoms with Crippen LogP contribution in [0.2, 0.25) is 0 Å². The van der Waals surface area contributed by atoms with Crippen LogP contribution in [0.15, 0.2) is 30.5 Å². The van der Waals surface area contributed by atoms with Gasteiger partial charge in [0.15, 0.2) is 15.7 Å². The van der Waals surface area contributed by atoms with Crippen molar-refractivity contribution in [3.8, 4) is 0 Å². The zero-order valence-corrected chi connectivity index (χ0v) is 14.2. The van der Waals surface area contributed by atoms with Gasteiger partial charge in [0.1, 0.15) is 0 Å². The third-order valence-electron chi connectivity index (χ3n) is 4.55. The highest BCUT2D eigenvalue weighted by Gasteiger charge is 2.30. The van der Waals surface area contributed by atoms with Crippen LogP contribution < -0.4 is 10.2 Å². The van der Waals surface area contributed by atoms with Crippen molar-refractivity contribution in [2.75, 3.05) is 21.7 Å². The Hall–Kier alpha value is -2.22. The summed E-state index contributed by atoms with van der Waals surface area (Å²) in [5, 5.41) is 11.4. The smallest absolute Gasteiger partial charge is 0.252 e. The molecule has 1 aromatic heterocycles. The molecule has 0 bridgehead atoms. The van der Waals surface area contributed by atoms with Crippen LogP contribution in [0.4, 0.5) is 17.5 Å². The minimum absolute atomic E-state index is 0.108. The van der Waals surface area contributed by atoms with Crippen molar-refractivity contribution in [3.05, 3.63) is 36.0 Å². The number of fused-ring (bicyclic) bond motifs is 1. The molecule has 126 valence electrons. The second-order valence-corrected chi connectivity index (χ2v) is 8.67. The van der Waals surface area contributed by atoms with E-state index in [0.717, 1.165) is 12.1 Å². The van der Waals surface area contributed by atoms with E-state index in [1.54, 1.807) is 6.20 Å². The highest BCUT2D eigenvalue weighted by atomic mass is 32.2. The quantitative estimate of drug-likeness (QED) is 0.903. The first-order valence-electron chi connectivity index (χ1n) is 8.06. The molecule has 8 heteroatoms. The van der Waals surface area contributed by atoms with Crippen molar-refractivity contribution >= 4 is 27.3 Å². The summed E-state index contributed by atoms with van der Waals surface area (Å²) in [6.07, 6.45) is 3.09. The average Bonchev–Trinajstić information content (AvgIpc) is 3.05. The van der Waals surface area contributed by atoms with E-state index in [0.29, 0.717) is 18.2 Å². The number of hydrogen-bond donors (Lipinski definition) is 1. The van der Waals surface area contributed by atoms with Gasteiger partial charge in [-0.25, -0.2) is 8.42 Å². The molecule has 0 spiro atoms. The average molecular weight is 345 g/mol. The summed E-state index contributed by atoms with van der Waals surface area (Å²) in [7, 11) is -2.93. The lowest BCUT2D eigenvalue weighted by atomic mass is 10.1. The Morgan fingerprint density at radius 1 is 1.29 bits per heavy atom. The predicted octanol–water partition coefficient (Wildman–Crippen LogP) is 1.55. The van der Waals surface area contributed by atoms with Crippen LogP contribution in [0, 0.1) is 0 Å². The molecule has 4 rings (SSSR count). The fourth-order valence-electron chi connectivity index (χ4n) is 3.45. The first-order chi connectivity index (χ1) is 11.5. The molecule has 0 radical (unpaired) electrons. The van der Waals surface area contributed by atoms with Crippen LogP contribution in [-0.2, 0) is 16.3 Å². The number of hydrogen-bond acceptors (Lipinski definition) is 7. The third kappa shape index (κ3) is 2.82. The fourth-order valence-corrected chi connectivity index (χ4v) is 5.13. The molecule has 2 aliphatic rings. The van der Waals surface area contributed by atoms with E-state index in [2.05, 4.69) is 44.5 Å². The number of nitrogens with one attached hydrogen (secondary N) is 1. The number of anilines is 3. The molecule has 1 aromatic carbocycles. The molecule has 7 nitrogen and oxygen atoms in total. The van der Waals surface area contributed by atoms with Crippen LogP contribution in [0.1, 0.15) is 18.9 Å². The second kappa shape index (κ2) is 5.70. The minimum atomic E-state index is -2.93. The Balaban J connectivity index is 1.59. The number of rotatable bonds is 3. The Morgan fingerprint density at radius 3 is 2.92 bits per heavy atom. The molecule has 2 unspecified atom stereocenters. The van der Waals surface area contributed by atoms with E-state index < -0.39 is 9.84 Å². The van der Waals surface area contributed by atoms with Gasteiger partial charge in [0, 0.05) is 17.8 Å². The topological polar surface area (TPSA) is 88.1 Å². The van der Waals surface area contributed by atoms with E-state index >= 15 is 0 Å². The van der Waals surface area contributed by atoms with Gasteiger partial charge in [0.05, 0.1) is 17.7 Å². The minimum Gasteiger partial charge on any atom is -0.365 e. The lowest BCUT2D eigenvalue weighted by molar-refractivity contribution is 0.602. The van der Waals surface area contributed by atoms with Crippen molar-refractivity contribution in [3.63, 3.8) is 0 Å². The molecule has 24 heavy (non-hydrogen) atoms. The van der Waals surface area contributed by atoms with Crippen molar-refractivity contribution in [1.29, 1.82) is 0 Å². The molecule has 3 heterocycles. The normalized spacial score (nSPS) is 24.8. The maximum atomic E-state index is 11.6. The predicted molar refractivity (Wildman–Crippen MR) is 92.3 cm³/mol. The third-order valence-corrected chi connectivity index (χ3v) is 6.32. The summed E-state index contributed by atoms with van der Waals surface area (Å²) in [5.74, 6) is 1.49. The molecule has 0 saturated carbocycles. The fraction of sp³-hybridized carbons (Fsp3) is 0.438. The molecular weight excluding hydrogens is 326 g/mol. The Bertz CT molecular complexity index is 870. The number of sulfone groups is 1.